The Balaban J connectivity index is 1.99. The molecule has 0 unspecified atom stereocenters. The minimum absolute atomic E-state index is 0.623. The van der Waals surface area contributed by atoms with Crippen LogP contribution >= 0.6 is 0 Å². The number of nitrogens with zero attached hydrogens (tertiary/aromatic N) is 2. The lowest BCUT2D eigenvalue weighted by molar-refractivity contribution is 0.341. The van der Waals surface area contributed by atoms with Crippen molar-refractivity contribution in [3.8, 4) is 6.07 Å². The van der Waals surface area contributed by atoms with Gasteiger partial charge in [0.25, 0.3) is 0 Å². The Bertz CT molecular complexity index is 676. The van der Waals surface area contributed by atoms with Crippen LogP contribution in [0.25, 0.3) is 10.8 Å². The molecule has 0 aliphatic heterocycles. The highest BCUT2D eigenvalue weighted by atomic mass is 15.1. The molecular formula is C19H22N2. The number of anilines is 1. The molecule has 3 rings (SSSR count). The van der Waals surface area contributed by atoms with E-state index in [1.54, 1.807) is 0 Å². The largest absolute Gasteiger partial charge is 0.371 e. The summed E-state index contributed by atoms with van der Waals surface area (Å²) in [6, 6.07) is 15.2. The monoisotopic (exact) mass is 278 g/mol. The normalized spacial score (nSPS) is 22.0. The predicted molar refractivity (Wildman–Crippen MR) is 88.5 cm³/mol. The predicted octanol–water partition coefficient (Wildman–Crippen LogP) is 4.73. The van der Waals surface area contributed by atoms with E-state index in [2.05, 4.69) is 43.1 Å². The van der Waals surface area contributed by atoms with E-state index in [0.717, 1.165) is 16.9 Å². The molecule has 2 aromatic rings. The zero-order valence-electron chi connectivity index (χ0n) is 12.8. The first-order valence-corrected chi connectivity index (χ1v) is 7.85. The van der Waals surface area contributed by atoms with Crippen LogP contribution < -0.4 is 4.90 Å². The summed E-state index contributed by atoms with van der Waals surface area (Å²) in [6.07, 6.45) is 5.18. The average Bonchev–Trinajstić information content (AvgIpc) is 2.54. The molecule has 1 saturated carbocycles. The van der Waals surface area contributed by atoms with Crippen molar-refractivity contribution in [2.45, 2.75) is 38.6 Å². The van der Waals surface area contributed by atoms with Crippen molar-refractivity contribution in [1.29, 1.82) is 5.26 Å². The third kappa shape index (κ3) is 2.61. The third-order valence-corrected chi connectivity index (χ3v) is 4.93. The van der Waals surface area contributed by atoms with Gasteiger partial charge in [0.1, 0.15) is 0 Å². The fourth-order valence-corrected chi connectivity index (χ4v) is 3.51. The molecule has 0 saturated heterocycles. The highest BCUT2D eigenvalue weighted by Gasteiger charge is 2.23. The average molecular weight is 278 g/mol. The fraction of sp³-hybridized carbons (Fsp3) is 0.421. The molecule has 108 valence electrons. The zero-order valence-corrected chi connectivity index (χ0v) is 12.8. The van der Waals surface area contributed by atoms with Gasteiger partial charge in [0.15, 0.2) is 0 Å². The zero-order chi connectivity index (χ0) is 14.8. The second-order valence-corrected chi connectivity index (χ2v) is 6.31. The van der Waals surface area contributed by atoms with E-state index in [0.29, 0.717) is 6.04 Å². The first kappa shape index (κ1) is 13.9. The number of nitriles is 1. The number of hydrogen-bond donors (Lipinski definition) is 0. The number of hydrogen-bond acceptors (Lipinski definition) is 2. The molecule has 0 spiro atoms. The summed E-state index contributed by atoms with van der Waals surface area (Å²) < 4.78 is 0. The van der Waals surface area contributed by atoms with Gasteiger partial charge in [-0.15, -0.1) is 0 Å². The number of fused-ring (bicyclic) bond motifs is 1. The summed E-state index contributed by atoms with van der Waals surface area (Å²) in [4.78, 5) is 2.43. The Labute approximate surface area is 127 Å². The van der Waals surface area contributed by atoms with Crippen molar-refractivity contribution < 1.29 is 0 Å². The molecular weight excluding hydrogens is 256 g/mol. The van der Waals surface area contributed by atoms with Crippen LogP contribution in [0, 0.1) is 17.2 Å². The molecule has 21 heavy (non-hydrogen) atoms. The van der Waals surface area contributed by atoms with Crippen LogP contribution in [0.15, 0.2) is 36.4 Å². The fourth-order valence-electron chi connectivity index (χ4n) is 3.51. The maximum Gasteiger partial charge on any atom is 0.0998 e. The topological polar surface area (TPSA) is 27.0 Å². The minimum Gasteiger partial charge on any atom is -0.371 e. The van der Waals surface area contributed by atoms with Crippen LogP contribution in [-0.4, -0.2) is 13.1 Å². The van der Waals surface area contributed by atoms with Crippen molar-refractivity contribution in [3.05, 3.63) is 42.0 Å². The SMILES string of the molecule is CC1CCC(N(C)c2ccc(C#N)c3ccccc23)CC1. The number of rotatable bonds is 2. The van der Waals surface area contributed by atoms with Gasteiger partial charge in [-0.2, -0.15) is 5.26 Å². The van der Waals surface area contributed by atoms with Crippen LogP contribution in [0.5, 0.6) is 0 Å². The summed E-state index contributed by atoms with van der Waals surface area (Å²) in [7, 11) is 2.20. The van der Waals surface area contributed by atoms with Crippen LogP contribution in [0.4, 0.5) is 5.69 Å². The minimum atomic E-state index is 0.623. The molecule has 0 aromatic heterocycles. The van der Waals surface area contributed by atoms with Gasteiger partial charge in [-0.05, 0) is 43.7 Å². The van der Waals surface area contributed by atoms with Crippen LogP contribution in [-0.2, 0) is 0 Å². The highest BCUT2D eigenvalue weighted by molar-refractivity contribution is 5.97. The molecule has 0 atom stereocenters. The molecule has 2 aromatic carbocycles. The maximum atomic E-state index is 9.28. The van der Waals surface area contributed by atoms with Gasteiger partial charge in [-0.3, -0.25) is 0 Å². The van der Waals surface area contributed by atoms with Crippen molar-refractivity contribution in [2.75, 3.05) is 11.9 Å². The van der Waals surface area contributed by atoms with Gasteiger partial charge < -0.3 is 4.90 Å². The molecule has 1 fully saturated rings. The van der Waals surface area contributed by atoms with Crippen LogP contribution in [0.3, 0.4) is 0 Å². The maximum absolute atomic E-state index is 9.28. The van der Waals surface area contributed by atoms with Gasteiger partial charge in [0, 0.05) is 29.5 Å². The van der Waals surface area contributed by atoms with E-state index in [-0.39, 0.29) is 0 Å². The molecule has 1 aliphatic carbocycles. The summed E-state index contributed by atoms with van der Waals surface area (Å²) >= 11 is 0. The molecule has 2 heteroatoms. The Hall–Kier alpha value is -2.01. The van der Waals surface area contributed by atoms with Crippen molar-refractivity contribution >= 4 is 16.5 Å². The van der Waals surface area contributed by atoms with Gasteiger partial charge in [-0.25, -0.2) is 0 Å². The van der Waals surface area contributed by atoms with Crippen molar-refractivity contribution in [3.63, 3.8) is 0 Å². The molecule has 0 heterocycles. The molecule has 1 aliphatic rings. The molecule has 2 nitrogen and oxygen atoms in total. The van der Waals surface area contributed by atoms with Crippen LogP contribution in [0.1, 0.15) is 38.2 Å². The van der Waals surface area contributed by atoms with Gasteiger partial charge in [0.2, 0.25) is 0 Å². The summed E-state index contributed by atoms with van der Waals surface area (Å²) in [5.74, 6) is 0.868. The summed E-state index contributed by atoms with van der Waals surface area (Å²) in [5.41, 5.74) is 2.02. The van der Waals surface area contributed by atoms with E-state index in [4.69, 9.17) is 0 Å². The van der Waals surface area contributed by atoms with E-state index < -0.39 is 0 Å². The lowest BCUT2D eigenvalue weighted by atomic mass is 9.86. The lowest BCUT2D eigenvalue weighted by Gasteiger charge is -2.35. The van der Waals surface area contributed by atoms with E-state index in [1.165, 1.54) is 36.8 Å². The Morgan fingerprint density at radius 3 is 2.33 bits per heavy atom. The van der Waals surface area contributed by atoms with Gasteiger partial charge >= 0.3 is 0 Å². The summed E-state index contributed by atoms with van der Waals surface area (Å²) in [5, 5.41) is 11.5. The van der Waals surface area contributed by atoms with Crippen molar-refractivity contribution in [2.24, 2.45) is 5.92 Å². The summed E-state index contributed by atoms with van der Waals surface area (Å²) in [6.45, 7) is 2.35. The van der Waals surface area contributed by atoms with E-state index in [1.807, 2.05) is 18.2 Å². The van der Waals surface area contributed by atoms with Crippen molar-refractivity contribution in [1.82, 2.24) is 0 Å². The molecule has 0 N–H and O–H groups in total. The first-order chi connectivity index (χ1) is 10.2. The second-order valence-electron chi connectivity index (χ2n) is 6.31. The van der Waals surface area contributed by atoms with Gasteiger partial charge in [0.05, 0.1) is 11.6 Å². The standard InChI is InChI=1S/C19H22N2/c1-14-7-10-16(11-8-14)21(2)19-12-9-15(13-20)17-5-3-4-6-18(17)19/h3-6,9,12,14,16H,7-8,10-11H2,1-2H3. The Kier molecular flexibility index (Phi) is 3.84. The smallest absolute Gasteiger partial charge is 0.0998 e. The molecule has 0 bridgehead atoms. The Morgan fingerprint density at radius 1 is 1.00 bits per heavy atom. The lowest BCUT2D eigenvalue weighted by Crippen LogP contribution is -2.34. The quantitative estimate of drug-likeness (QED) is 0.794. The van der Waals surface area contributed by atoms with E-state index >= 15 is 0 Å². The van der Waals surface area contributed by atoms with Crippen LogP contribution in [0.2, 0.25) is 0 Å². The molecule has 0 radical (unpaired) electrons. The first-order valence-electron chi connectivity index (χ1n) is 7.85. The second kappa shape index (κ2) is 5.77. The van der Waals surface area contributed by atoms with E-state index in [9.17, 15) is 5.26 Å². The number of benzene rings is 2. The molecule has 0 amide bonds. The Morgan fingerprint density at radius 2 is 1.67 bits per heavy atom. The third-order valence-electron chi connectivity index (χ3n) is 4.93. The highest BCUT2D eigenvalue weighted by Crippen LogP contribution is 2.34. The van der Waals surface area contributed by atoms with Gasteiger partial charge in [-0.1, -0.05) is 31.2 Å².